The van der Waals surface area contributed by atoms with Crippen LogP contribution in [-0.4, -0.2) is 92.4 Å². The van der Waals surface area contributed by atoms with E-state index in [2.05, 4.69) is 24.2 Å². The maximum atomic E-state index is 14.2. The number of nitrogens with two attached hydrogens (primary N) is 1. The molecule has 1 aliphatic rings. The molecule has 1 aliphatic heterocycles. The van der Waals surface area contributed by atoms with E-state index in [-0.39, 0.29) is 36.5 Å². The zero-order valence-electron chi connectivity index (χ0n) is 29.3. The summed E-state index contributed by atoms with van der Waals surface area (Å²) in [6.07, 6.45) is 2.48. The second-order valence-electron chi connectivity index (χ2n) is 13.3. The molecule has 4 atom stereocenters. The van der Waals surface area contributed by atoms with Gasteiger partial charge >= 0.3 is 0 Å². The maximum absolute atomic E-state index is 14.2. The largest absolute Gasteiger partial charge is 0.490 e. The molecule has 3 aromatic carbocycles. The average Bonchev–Trinajstić information content (AvgIpc) is 3.06. The highest BCUT2D eigenvalue weighted by molar-refractivity contribution is 6.05. The van der Waals surface area contributed by atoms with Gasteiger partial charge in [-0.1, -0.05) is 31.2 Å². The molecule has 260 valence electrons. The summed E-state index contributed by atoms with van der Waals surface area (Å²) >= 11 is 0. The van der Waals surface area contributed by atoms with Crippen molar-refractivity contribution in [2.45, 2.75) is 64.8 Å². The van der Waals surface area contributed by atoms with E-state index >= 15 is 0 Å². The predicted octanol–water partition coefficient (Wildman–Crippen LogP) is 5.51. The molecule has 0 saturated carbocycles. The van der Waals surface area contributed by atoms with Gasteiger partial charge in [-0.3, -0.25) is 14.5 Å². The van der Waals surface area contributed by atoms with E-state index in [9.17, 15) is 14.7 Å². The summed E-state index contributed by atoms with van der Waals surface area (Å²) in [4.78, 5) is 33.0. The number of ether oxygens (including phenoxy) is 2. The number of aliphatic hydroxyl groups excluding tert-OH is 1. The van der Waals surface area contributed by atoms with Gasteiger partial charge in [-0.25, -0.2) is 0 Å². The molecule has 0 aliphatic carbocycles. The minimum Gasteiger partial charge on any atom is -0.490 e. The Morgan fingerprint density at radius 1 is 1.06 bits per heavy atom. The molecule has 0 aromatic heterocycles. The van der Waals surface area contributed by atoms with Crippen molar-refractivity contribution in [3.05, 3.63) is 83.4 Å². The molecule has 10 heteroatoms. The highest BCUT2D eigenvalue weighted by Crippen LogP contribution is 2.29. The zero-order valence-corrected chi connectivity index (χ0v) is 29.3. The Balaban J connectivity index is 1.49. The number of rotatable bonds is 9. The summed E-state index contributed by atoms with van der Waals surface area (Å²) < 4.78 is 12.8. The van der Waals surface area contributed by atoms with Crippen LogP contribution in [0, 0.1) is 5.92 Å². The molecule has 4 N–H and O–H groups in total. The Morgan fingerprint density at radius 2 is 1.79 bits per heavy atom. The average molecular weight is 660 g/mol. The monoisotopic (exact) mass is 659 g/mol. The first-order valence-electron chi connectivity index (χ1n) is 16.9. The van der Waals surface area contributed by atoms with E-state index in [1.165, 1.54) is 0 Å². The zero-order chi connectivity index (χ0) is 34.8. The number of hydrogen-bond acceptors (Lipinski definition) is 8. The third-order valence-corrected chi connectivity index (χ3v) is 8.92. The first kappa shape index (κ1) is 36.7. The third-order valence-electron chi connectivity index (χ3n) is 8.92. The predicted molar refractivity (Wildman–Crippen MR) is 193 cm³/mol. The lowest BCUT2D eigenvalue weighted by Gasteiger charge is -2.36. The van der Waals surface area contributed by atoms with Crippen LogP contribution in [0.1, 0.15) is 66.3 Å². The Labute approximate surface area is 285 Å². The van der Waals surface area contributed by atoms with Crippen LogP contribution in [0.3, 0.4) is 0 Å². The van der Waals surface area contributed by atoms with E-state index in [1.54, 1.807) is 17.0 Å². The fourth-order valence-corrected chi connectivity index (χ4v) is 5.90. The molecule has 4 rings (SSSR count). The van der Waals surface area contributed by atoms with Crippen molar-refractivity contribution in [3.8, 4) is 5.75 Å². The molecule has 0 radical (unpaired) electrons. The quantitative estimate of drug-likeness (QED) is 0.257. The van der Waals surface area contributed by atoms with E-state index in [0.29, 0.717) is 54.5 Å². The van der Waals surface area contributed by atoms with Crippen LogP contribution in [0.4, 0.5) is 17.1 Å². The molecule has 0 fully saturated rings. The summed E-state index contributed by atoms with van der Waals surface area (Å²) in [7, 11) is 5.94. The number of likely N-dealkylation sites (N-methyl/N-ethyl adjacent to an activating group) is 1. The molecule has 0 bridgehead atoms. The SMILES string of the molecule is C[C@H]1CCCCO[C@@H](CN(C)Cc2ccc(C(=O)Nc3ccccc3N)cc2)[C@@H](C)CN([C@@H](C)CO)C(=O)c2cc(N(C)C)ccc2O1. The fourth-order valence-electron chi connectivity index (χ4n) is 5.90. The van der Waals surface area contributed by atoms with Crippen molar-refractivity contribution in [3.63, 3.8) is 0 Å². The standard InChI is InChI=1S/C38H53N5O5/c1-26-22-43(27(2)25-44)38(46)32-21-31(41(4)5)18-19-35(32)48-28(3)11-9-10-20-47-36(26)24-42(6)23-29-14-16-30(17-15-29)37(45)40-34-13-8-7-12-33(34)39/h7-8,12-19,21,26-28,36,44H,9-11,20,22-25,39H2,1-6H3,(H,40,45)/t26-,27-,28-,36-/m0/s1. The normalized spacial score (nSPS) is 20.0. The number of carbonyl (C=O) groups is 2. The van der Waals surface area contributed by atoms with Gasteiger partial charge in [0, 0.05) is 57.5 Å². The molecular weight excluding hydrogens is 606 g/mol. The van der Waals surface area contributed by atoms with Crippen molar-refractivity contribution in [1.29, 1.82) is 0 Å². The Morgan fingerprint density at radius 3 is 2.48 bits per heavy atom. The van der Waals surface area contributed by atoms with E-state index in [4.69, 9.17) is 15.2 Å². The number of aliphatic hydroxyl groups is 1. The van der Waals surface area contributed by atoms with Crippen molar-refractivity contribution >= 4 is 28.9 Å². The topological polar surface area (TPSA) is 121 Å². The lowest BCUT2D eigenvalue weighted by atomic mass is 10.0. The van der Waals surface area contributed by atoms with Gasteiger partial charge in [0.2, 0.25) is 0 Å². The van der Waals surface area contributed by atoms with Crippen molar-refractivity contribution in [2.75, 3.05) is 63.4 Å². The Bertz CT molecular complexity index is 1500. The number of carbonyl (C=O) groups excluding carboxylic acids is 2. The van der Waals surface area contributed by atoms with Crippen LogP contribution < -0.4 is 20.7 Å². The van der Waals surface area contributed by atoms with Crippen LogP contribution in [0.2, 0.25) is 0 Å². The number of nitrogens with zero attached hydrogens (tertiary/aromatic N) is 3. The van der Waals surface area contributed by atoms with E-state index < -0.39 is 6.04 Å². The van der Waals surface area contributed by atoms with Gasteiger partial charge in [0.05, 0.1) is 41.8 Å². The lowest BCUT2D eigenvalue weighted by Crippen LogP contribution is -2.47. The van der Waals surface area contributed by atoms with Gasteiger partial charge in [0.15, 0.2) is 0 Å². The number of anilines is 3. The van der Waals surface area contributed by atoms with Crippen LogP contribution >= 0.6 is 0 Å². The highest BCUT2D eigenvalue weighted by Gasteiger charge is 2.30. The maximum Gasteiger partial charge on any atom is 0.258 e. The van der Waals surface area contributed by atoms with Crippen LogP contribution in [0.25, 0.3) is 0 Å². The Hall–Kier alpha value is -4.12. The molecule has 48 heavy (non-hydrogen) atoms. The van der Waals surface area contributed by atoms with Gasteiger partial charge in [-0.05, 0) is 88.2 Å². The molecule has 10 nitrogen and oxygen atoms in total. The number of amides is 2. The first-order chi connectivity index (χ1) is 23.0. The Kier molecular flexibility index (Phi) is 13.3. The third kappa shape index (κ3) is 9.95. The van der Waals surface area contributed by atoms with Gasteiger partial charge in [-0.15, -0.1) is 0 Å². The van der Waals surface area contributed by atoms with Crippen LogP contribution in [-0.2, 0) is 11.3 Å². The summed E-state index contributed by atoms with van der Waals surface area (Å²) in [5.74, 6) is 0.161. The van der Waals surface area contributed by atoms with Gasteiger partial charge < -0.3 is 35.4 Å². The van der Waals surface area contributed by atoms with Crippen LogP contribution in [0.5, 0.6) is 5.75 Å². The van der Waals surface area contributed by atoms with Crippen molar-refractivity contribution in [2.24, 2.45) is 5.92 Å². The van der Waals surface area contributed by atoms with Crippen molar-refractivity contribution in [1.82, 2.24) is 9.80 Å². The van der Waals surface area contributed by atoms with Gasteiger partial charge in [0.1, 0.15) is 5.75 Å². The molecule has 3 aromatic rings. The number of nitrogens with one attached hydrogen (secondary N) is 1. The number of nitrogen functional groups attached to an aromatic ring is 1. The lowest BCUT2D eigenvalue weighted by molar-refractivity contribution is -0.0177. The number of para-hydroxylation sites is 2. The van der Waals surface area contributed by atoms with Gasteiger partial charge in [-0.2, -0.15) is 0 Å². The highest BCUT2D eigenvalue weighted by atomic mass is 16.5. The second kappa shape index (κ2) is 17.3. The number of benzene rings is 3. The van der Waals surface area contributed by atoms with Gasteiger partial charge in [0.25, 0.3) is 11.8 Å². The molecule has 0 saturated heterocycles. The summed E-state index contributed by atoms with van der Waals surface area (Å²) in [6.45, 7) is 8.18. The van der Waals surface area contributed by atoms with E-state index in [1.807, 2.05) is 87.4 Å². The molecule has 1 heterocycles. The molecule has 0 spiro atoms. The minimum atomic E-state index is -0.395. The second-order valence-corrected chi connectivity index (χ2v) is 13.3. The van der Waals surface area contributed by atoms with Crippen molar-refractivity contribution < 1.29 is 24.2 Å². The summed E-state index contributed by atoms with van der Waals surface area (Å²) in [6, 6.07) is 20.1. The molecular formula is C38H53N5O5. The summed E-state index contributed by atoms with van der Waals surface area (Å²) in [5, 5.41) is 13.1. The molecule has 2 amide bonds. The fraction of sp³-hybridized carbons (Fsp3) is 0.474. The van der Waals surface area contributed by atoms with Crippen LogP contribution in [0.15, 0.2) is 66.7 Å². The summed E-state index contributed by atoms with van der Waals surface area (Å²) in [5.41, 5.74) is 10.1. The number of fused-ring (bicyclic) bond motifs is 1. The van der Waals surface area contributed by atoms with E-state index in [0.717, 1.165) is 30.5 Å². The molecule has 0 unspecified atom stereocenters. The minimum absolute atomic E-state index is 0.0230. The first-order valence-corrected chi connectivity index (χ1v) is 16.9. The smallest absolute Gasteiger partial charge is 0.258 e. The number of hydrogen-bond donors (Lipinski definition) is 3.